The average molecular weight is 443 g/mol. The minimum absolute atomic E-state index is 0.0226. The van der Waals surface area contributed by atoms with Gasteiger partial charge in [0.1, 0.15) is 11.6 Å². The molecule has 3 rings (SSSR count). The number of halogens is 2. The molecule has 32 heavy (non-hydrogen) atoms. The molecule has 2 aromatic carbocycles. The van der Waals surface area contributed by atoms with Crippen molar-refractivity contribution >= 4 is 5.91 Å². The van der Waals surface area contributed by atoms with E-state index in [0.29, 0.717) is 12.6 Å². The third-order valence-electron chi connectivity index (χ3n) is 6.48. The lowest BCUT2D eigenvalue weighted by Gasteiger charge is -2.30. The predicted molar refractivity (Wildman–Crippen MR) is 126 cm³/mol. The van der Waals surface area contributed by atoms with Gasteiger partial charge in [-0.3, -0.25) is 4.79 Å². The monoisotopic (exact) mass is 442 g/mol. The highest BCUT2D eigenvalue weighted by atomic mass is 19.1. The highest BCUT2D eigenvalue weighted by molar-refractivity contribution is 5.82. The van der Waals surface area contributed by atoms with Crippen LogP contribution < -0.4 is 10.6 Å². The molecule has 0 saturated heterocycles. The molecule has 3 nitrogen and oxygen atoms in total. The van der Waals surface area contributed by atoms with Crippen molar-refractivity contribution in [3.05, 3.63) is 71.3 Å². The molecule has 1 unspecified atom stereocenters. The average Bonchev–Trinajstić information content (AvgIpc) is 2.79. The van der Waals surface area contributed by atoms with Gasteiger partial charge in [0.25, 0.3) is 0 Å². The molecule has 0 radical (unpaired) electrons. The molecule has 0 spiro atoms. The van der Waals surface area contributed by atoms with Crippen LogP contribution in [0.4, 0.5) is 8.78 Å². The fourth-order valence-corrected chi connectivity index (χ4v) is 4.64. The van der Waals surface area contributed by atoms with E-state index in [1.54, 1.807) is 24.3 Å². The topological polar surface area (TPSA) is 41.1 Å². The Bertz CT molecular complexity index is 784. The molecule has 1 amide bonds. The molecule has 5 heteroatoms. The van der Waals surface area contributed by atoms with Gasteiger partial charge in [0.2, 0.25) is 5.91 Å². The zero-order valence-electron chi connectivity index (χ0n) is 19.2. The Morgan fingerprint density at radius 3 is 1.94 bits per heavy atom. The van der Waals surface area contributed by atoms with E-state index in [1.165, 1.54) is 43.5 Å². The van der Waals surface area contributed by atoms with Crippen molar-refractivity contribution in [1.29, 1.82) is 0 Å². The minimum Gasteiger partial charge on any atom is -0.355 e. The van der Waals surface area contributed by atoms with Crippen molar-refractivity contribution in [2.75, 3.05) is 6.54 Å². The standard InChI is InChI=1S/C27H36F2N2O/c1-19(2)26(31-24-7-4-3-5-8-24)27(32)30-18-6-9-25(20-10-14-22(28)15-11-20)21-12-16-23(29)17-13-21/h10-17,19,24-26,31H,3-9,18H2,1-2H3,(H,30,32). The fourth-order valence-electron chi connectivity index (χ4n) is 4.64. The van der Waals surface area contributed by atoms with E-state index in [2.05, 4.69) is 24.5 Å². The van der Waals surface area contributed by atoms with E-state index in [9.17, 15) is 13.6 Å². The fraction of sp³-hybridized carbons (Fsp3) is 0.519. The molecule has 1 saturated carbocycles. The van der Waals surface area contributed by atoms with E-state index in [-0.39, 0.29) is 35.4 Å². The smallest absolute Gasteiger partial charge is 0.237 e. The Morgan fingerprint density at radius 2 is 1.44 bits per heavy atom. The van der Waals surface area contributed by atoms with Crippen LogP contribution in [0, 0.1) is 17.6 Å². The van der Waals surface area contributed by atoms with Gasteiger partial charge >= 0.3 is 0 Å². The molecule has 1 atom stereocenters. The maximum Gasteiger partial charge on any atom is 0.237 e. The Hall–Kier alpha value is -2.27. The van der Waals surface area contributed by atoms with Crippen molar-refractivity contribution in [3.8, 4) is 0 Å². The van der Waals surface area contributed by atoms with E-state index < -0.39 is 0 Å². The van der Waals surface area contributed by atoms with Crippen molar-refractivity contribution in [1.82, 2.24) is 10.6 Å². The van der Waals surface area contributed by atoms with Gasteiger partial charge < -0.3 is 10.6 Å². The first-order chi connectivity index (χ1) is 15.4. The SMILES string of the molecule is CC(C)C(NC1CCCCC1)C(=O)NCCCC(c1ccc(F)cc1)c1ccc(F)cc1. The lowest BCUT2D eigenvalue weighted by molar-refractivity contribution is -0.124. The second-order valence-electron chi connectivity index (χ2n) is 9.31. The van der Waals surface area contributed by atoms with Crippen LogP contribution in [0.25, 0.3) is 0 Å². The third kappa shape index (κ3) is 7.13. The van der Waals surface area contributed by atoms with Gasteiger partial charge in [-0.25, -0.2) is 8.78 Å². The first-order valence-electron chi connectivity index (χ1n) is 12.0. The van der Waals surface area contributed by atoms with Gasteiger partial charge in [-0.1, -0.05) is 57.4 Å². The largest absolute Gasteiger partial charge is 0.355 e. The number of rotatable bonds is 10. The van der Waals surface area contributed by atoms with Crippen LogP contribution in [0.3, 0.4) is 0 Å². The number of nitrogens with one attached hydrogen (secondary N) is 2. The molecule has 0 heterocycles. The zero-order chi connectivity index (χ0) is 22.9. The Balaban J connectivity index is 1.56. The predicted octanol–water partition coefficient (Wildman–Crippen LogP) is 5.94. The lowest BCUT2D eigenvalue weighted by atomic mass is 9.87. The maximum absolute atomic E-state index is 13.4. The third-order valence-corrected chi connectivity index (χ3v) is 6.48. The minimum atomic E-state index is -0.274. The number of hydrogen-bond donors (Lipinski definition) is 2. The molecule has 2 aromatic rings. The van der Waals surface area contributed by atoms with Gasteiger partial charge in [-0.15, -0.1) is 0 Å². The summed E-state index contributed by atoms with van der Waals surface area (Å²) in [5.74, 6) is -0.240. The molecule has 0 bridgehead atoms. The van der Waals surface area contributed by atoms with Gasteiger partial charge in [-0.05, 0) is 67.0 Å². The van der Waals surface area contributed by atoms with E-state index in [4.69, 9.17) is 0 Å². The van der Waals surface area contributed by atoms with Crippen LogP contribution in [0.1, 0.15) is 75.8 Å². The molecule has 174 valence electrons. The summed E-state index contributed by atoms with van der Waals surface area (Å²) in [5, 5.41) is 6.69. The number of carbonyl (C=O) groups is 1. The Morgan fingerprint density at radius 1 is 0.906 bits per heavy atom. The zero-order valence-corrected chi connectivity index (χ0v) is 19.2. The van der Waals surface area contributed by atoms with Crippen LogP contribution in [0.2, 0.25) is 0 Å². The Kier molecular flexibility index (Phi) is 9.22. The summed E-state index contributed by atoms with van der Waals surface area (Å²) < 4.78 is 26.8. The molecular formula is C27H36F2N2O. The van der Waals surface area contributed by atoms with Gasteiger partial charge in [-0.2, -0.15) is 0 Å². The summed E-state index contributed by atoms with van der Waals surface area (Å²) in [7, 11) is 0. The summed E-state index contributed by atoms with van der Waals surface area (Å²) in [6.07, 6.45) is 7.61. The van der Waals surface area contributed by atoms with Gasteiger partial charge in [0, 0.05) is 18.5 Å². The second-order valence-corrected chi connectivity index (χ2v) is 9.31. The molecule has 1 aliphatic rings. The summed E-state index contributed by atoms with van der Waals surface area (Å²) in [6.45, 7) is 4.74. The van der Waals surface area contributed by atoms with Crippen molar-refractivity contribution in [2.24, 2.45) is 5.92 Å². The summed E-state index contributed by atoms with van der Waals surface area (Å²) in [6, 6.07) is 13.2. The second kappa shape index (κ2) is 12.1. The number of amides is 1. The quantitative estimate of drug-likeness (QED) is 0.447. The van der Waals surface area contributed by atoms with Gasteiger partial charge in [0.15, 0.2) is 0 Å². The lowest BCUT2D eigenvalue weighted by Crippen LogP contribution is -2.51. The van der Waals surface area contributed by atoms with Gasteiger partial charge in [0.05, 0.1) is 6.04 Å². The first-order valence-corrected chi connectivity index (χ1v) is 12.0. The first kappa shape index (κ1) is 24.4. The highest BCUT2D eigenvalue weighted by Crippen LogP contribution is 2.29. The molecule has 0 aliphatic heterocycles. The number of hydrogen-bond acceptors (Lipinski definition) is 2. The van der Waals surface area contributed by atoms with Crippen molar-refractivity contribution in [3.63, 3.8) is 0 Å². The number of carbonyl (C=O) groups excluding carboxylic acids is 1. The van der Waals surface area contributed by atoms with E-state index >= 15 is 0 Å². The molecule has 1 fully saturated rings. The van der Waals surface area contributed by atoms with Crippen LogP contribution in [0.15, 0.2) is 48.5 Å². The number of benzene rings is 2. The normalized spacial score (nSPS) is 15.8. The van der Waals surface area contributed by atoms with Crippen molar-refractivity contribution in [2.45, 2.75) is 76.8 Å². The molecule has 2 N–H and O–H groups in total. The summed E-state index contributed by atoms with van der Waals surface area (Å²) in [5.41, 5.74) is 1.98. The van der Waals surface area contributed by atoms with E-state index in [0.717, 1.165) is 36.8 Å². The van der Waals surface area contributed by atoms with Crippen LogP contribution in [-0.2, 0) is 4.79 Å². The summed E-state index contributed by atoms with van der Waals surface area (Å²) in [4.78, 5) is 12.9. The maximum atomic E-state index is 13.4. The van der Waals surface area contributed by atoms with Crippen LogP contribution in [-0.4, -0.2) is 24.5 Å². The van der Waals surface area contributed by atoms with Crippen molar-refractivity contribution < 1.29 is 13.6 Å². The Labute approximate surface area is 191 Å². The summed E-state index contributed by atoms with van der Waals surface area (Å²) >= 11 is 0. The van der Waals surface area contributed by atoms with Crippen LogP contribution >= 0.6 is 0 Å². The highest BCUT2D eigenvalue weighted by Gasteiger charge is 2.26. The molecular weight excluding hydrogens is 406 g/mol. The molecule has 1 aliphatic carbocycles. The van der Waals surface area contributed by atoms with E-state index in [1.807, 2.05) is 0 Å². The van der Waals surface area contributed by atoms with Crippen LogP contribution in [0.5, 0.6) is 0 Å². The molecule has 0 aromatic heterocycles.